The molecule has 0 saturated carbocycles. The number of rotatable bonds is 11. The Morgan fingerprint density at radius 3 is 2.25 bits per heavy atom. The number of carboxylic acids is 2. The van der Waals surface area contributed by atoms with Crippen LogP contribution < -0.4 is 16.5 Å². The number of carbonyl (C=O) groups excluding carboxylic acids is 1. The van der Waals surface area contributed by atoms with Crippen molar-refractivity contribution in [1.82, 2.24) is 10.8 Å². The van der Waals surface area contributed by atoms with Gasteiger partial charge in [0.2, 0.25) is 0 Å². The minimum Gasteiger partial charge on any atom is -0.481 e. The van der Waals surface area contributed by atoms with E-state index < -0.39 is 36.4 Å². The van der Waals surface area contributed by atoms with Gasteiger partial charge in [0.1, 0.15) is 0 Å². The van der Waals surface area contributed by atoms with E-state index in [0.717, 1.165) is 0 Å². The van der Waals surface area contributed by atoms with Crippen LogP contribution in [0, 0.1) is 0 Å². The maximum atomic E-state index is 11.3. The van der Waals surface area contributed by atoms with Crippen LogP contribution >= 0.6 is 0 Å². The molecule has 0 aromatic rings. The molecule has 20 heavy (non-hydrogen) atoms. The topological polar surface area (TPSA) is 171 Å². The molecule has 1 atom stereocenters. The lowest BCUT2D eigenvalue weighted by Gasteiger charge is -2.20. The molecule has 0 fully saturated rings. The Morgan fingerprint density at radius 2 is 1.75 bits per heavy atom. The average molecular weight is 293 g/mol. The van der Waals surface area contributed by atoms with Crippen molar-refractivity contribution in [3.05, 3.63) is 0 Å². The monoisotopic (exact) mass is 293 g/mol. The van der Waals surface area contributed by atoms with E-state index in [2.05, 4.69) is 15.6 Å². The number of nitrogens with one attached hydrogen (secondary N) is 2. The van der Waals surface area contributed by atoms with E-state index in [1.165, 1.54) is 0 Å². The molecule has 0 aliphatic heterocycles. The van der Waals surface area contributed by atoms with Crippen molar-refractivity contribution < 1.29 is 34.5 Å². The lowest BCUT2D eigenvalue weighted by Crippen LogP contribution is -2.44. The molecule has 0 saturated heterocycles. The first-order valence-electron chi connectivity index (χ1n) is 5.82. The molecule has 116 valence electrons. The molecule has 0 aliphatic rings. The summed E-state index contributed by atoms with van der Waals surface area (Å²) in [7, 11) is 0. The van der Waals surface area contributed by atoms with Gasteiger partial charge in [-0.25, -0.2) is 4.79 Å². The first-order chi connectivity index (χ1) is 9.31. The number of hydroxylamine groups is 1. The van der Waals surface area contributed by atoms with Crippen LogP contribution in [0.4, 0.5) is 0 Å². The second kappa shape index (κ2) is 9.20. The maximum absolute atomic E-state index is 11.3. The lowest BCUT2D eigenvalue weighted by molar-refractivity contribution is -0.174. The molecule has 0 spiro atoms. The molecule has 0 aliphatic carbocycles. The molecule has 0 heterocycles. The van der Waals surface area contributed by atoms with E-state index in [-0.39, 0.29) is 6.54 Å². The first-order valence-corrected chi connectivity index (χ1v) is 5.82. The fourth-order valence-electron chi connectivity index (χ4n) is 1.24. The van der Waals surface area contributed by atoms with Crippen LogP contribution in [0.1, 0.15) is 12.8 Å². The summed E-state index contributed by atoms with van der Waals surface area (Å²) in [5, 5.41) is 29.7. The summed E-state index contributed by atoms with van der Waals surface area (Å²) in [6, 6.07) is 0. The van der Waals surface area contributed by atoms with E-state index in [4.69, 9.17) is 15.9 Å². The Morgan fingerprint density at radius 1 is 1.10 bits per heavy atom. The molecule has 10 nitrogen and oxygen atoms in total. The van der Waals surface area contributed by atoms with Crippen molar-refractivity contribution >= 4 is 17.9 Å². The van der Waals surface area contributed by atoms with Crippen LogP contribution in [0.3, 0.4) is 0 Å². The highest BCUT2D eigenvalue weighted by Gasteiger charge is 2.41. The number of hydrogen-bond acceptors (Lipinski definition) is 8. The maximum Gasteiger partial charge on any atom is 0.336 e. The number of nitrogens with two attached hydrogens (primary N) is 1. The Hall–Kier alpha value is -1.75. The molecule has 0 radical (unpaired) electrons. The van der Waals surface area contributed by atoms with Crippen molar-refractivity contribution in [3.8, 4) is 0 Å². The number of carbonyl (C=O) groups is 3. The van der Waals surface area contributed by atoms with Crippen LogP contribution in [-0.4, -0.2) is 65.0 Å². The van der Waals surface area contributed by atoms with Gasteiger partial charge in [0.25, 0.3) is 0 Å². The van der Waals surface area contributed by atoms with Gasteiger partial charge in [-0.05, 0) is 0 Å². The van der Waals surface area contributed by atoms with E-state index in [9.17, 15) is 19.5 Å². The van der Waals surface area contributed by atoms with E-state index >= 15 is 0 Å². The molecule has 10 heteroatoms. The standard InChI is InChI=1S/C10H19N3O7/c11-1-2-12-3-4-13-20-8(16)6-10(19,9(17)18)5-7(14)15/h12-13,19H,1-6,11H2,(H,14,15)(H,17,18). The Balaban J connectivity index is 4.08. The fraction of sp³-hybridized carbons (Fsp3) is 0.700. The number of carboxylic acid groups (broad SMARTS) is 2. The molecule has 1 unspecified atom stereocenters. The third-order valence-electron chi connectivity index (χ3n) is 2.19. The van der Waals surface area contributed by atoms with E-state index in [1.807, 2.05) is 0 Å². The van der Waals surface area contributed by atoms with E-state index in [0.29, 0.717) is 19.6 Å². The fourth-order valence-corrected chi connectivity index (χ4v) is 1.24. The van der Waals surface area contributed by atoms with Crippen molar-refractivity contribution in [2.75, 3.05) is 26.2 Å². The van der Waals surface area contributed by atoms with Gasteiger partial charge < -0.3 is 31.2 Å². The average Bonchev–Trinajstić information content (AvgIpc) is 2.32. The Kier molecular flexibility index (Phi) is 8.40. The predicted molar refractivity (Wildman–Crippen MR) is 65.5 cm³/mol. The molecule has 0 rings (SSSR count). The predicted octanol–water partition coefficient (Wildman–Crippen LogP) is -2.74. The second-order valence-electron chi connectivity index (χ2n) is 3.99. The summed E-state index contributed by atoms with van der Waals surface area (Å²) in [4.78, 5) is 37.0. The molecular weight excluding hydrogens is 274 g/mol. The Labute approximate surface area is 114 Å². The van der Waals surface area contributed by atoms with Crippen molar-refractivity contribution in [3.63, 3.8) is 0 Å². The molecule has 0 aromatic heterocycles. The largest absolute Gasteiger partial charge is 0.481 e. The summed E-state index contributed by atoms with van der Waals surface area (Å²) in [6.45, 7) is 1.76. The third-order valence-corrected chi connectivity index (χ3v) is 2.19. The number of aliphatic hydroxyl groups is 1. The molecule has 0 bridgehead atoms. The van der Waals surface area contributed by atoms with Gasteiger partial charge in [0.05, 0.1) is 12.8 Å². The molecular formula is C10H19N3O7. The van der Waals surface area contributed by atoms with Crippen LogP contribution in [0.5, 0.6) is 0 Å². The molecule has 0 aromatic carbocycles. The van der Waals surface area contributed by atoms with Crippen LogP contribution in [0.2, 0.25) is 0 Å². The highest BCUT2D eigenvalue weighted by molar-refractivity contribution is 5.88. The van der Waals surface area contributed by atoms with Crippen LogP contribution in [0.15, 0.2) is 0 Å². The zero-order valence-electron chi connectivity index (χ0n) is 10.8. The van der Waals surface area contributed by atoms with Gasteiger partial charge in [-0.15, -0.1) is 0 Å². The highest BCUT2D eigenvalue weighted by Crippen LogP contribution is 2.16. The normalized spacial score (nSPS) is 13.5. The highest BCUT2D eigenvalue weighted by atomic mass is 16.7. The second-order valence-corrected chi connectivity index (χ2v) is 3.99. The van der Waals surface area contributed by atoms with Gasteiger partial charge in [-0.2, -0.15) is 5.48 Å². The van der Waals surface area contributed by atoms with Crippen molar-refractivity contribution in [1.29, 1.82) is 0 Å². The molecule has 7 N–H and O–H groups in total. The van der Waals surface area contributed by atoms with Gasteiger partial charge >= 0.3 is 17.9 Å². The van der Waals surface area contributed by atoms with E-state index in [1.54, 1.807) is 0 Å². The molecule has 0 amide bonds. The van der Waals surface area contributed by atoms with Crippen molar-refractivity contribution in [2.24, 2.45) is 5.73 Å². The lowest BCUT2D eigenvalue weighted by atomic mass is 9.96. The van der Waals surface area contributed by atoms with Gasteiger partial charge in [0.15, 0.2) is 5.60 Å². The minimum absolute atomic E-state index is 0.246. The summed E-state index contributed by atoms with van der Waals surface area (Å²) < 4.78 is 0. The van der Waals surface area contributed by atoms with Crippen LogP contribution in [0.25, 0.3) is 0 Å². The van der Waals surface area contributed by atoms with Crippen molar-refractivity contribution in [2.45, 2.75) is 18.4 Å². The number of hydrogen-bond donors (Lipinski definition) is 6. The zero-order valence-corrected chi connectivity index (χ0v) is 10.8. The van der Waals surface area contributed by atoms with Gasteiger partial charge in [-0.1, -0.05) is 0 Å². The smallest absolute Gasteiger partial charge is 0.336 e. The summed E-state index contributed by atoms with van der Waals surface area (Å²) >= 11 is 0. The quantitative estimate of drug-likeness (QED) is 0.173. The summed E-state index contributed by atoms with van der Waals surface area (Å²) in [5.74, 6) is -4.42. The summed E-state index contributed by atoms with van der Waals surface area (Å²) in [6.07, 6.45) is -2.08. The minimum atomic E-state index is -2.69. The third kappa shape index (κ3) is 7.63. The summed E-state index contributed by atoms with van der Waals surface area (Å²) in [5.41, 5.74) is 4.79. The zero-order chi connectivity index (χ0) is 15.6. The Bertz CT molecular complexity index is 350. The van der Waals surface area contributed by atoms with Gasteiger partial charge in [-0.3, -0.25) is 9.59 Å². The SMILES string of the molecule is NCCNCCNOC(=O)CC(O)(CC(=O)O)C(=O)O. The number of aliphatic carboxylic acids is 2. The first kappa shape index (κ1) is 18.2. The van der Waals surface area contributed by atoms with Crippen LogP contribution in [-0.2, 0) is 19.2 Å². The van der Waals surface area contributed by atoms with Gasteiger partial charge in [0, 0.05) is 26.2 Å².